The van der Waals surface area contributed by atoms with Gasteiger partial charge in [0.1, 0.15) is 6.04 Å². The summed E-state index contributed by atoms with van der Waals surface area (Å²) in [5.74, 6) is 0.310. The van der Waals surface area contributed by atoms with Crippen molar-refractivity contribution < 1.29 is 14.4 Å². The molecule has 166 valence electrons. The van der Waals surface area contributed by atoms with Crippen molar-refractivity contribution in [2.24, 2.45) is 11.3 Å². The van der Waals surface area contributed by atoms with Crippen LogP contribution in [0.4, 0.5) is 0 Å². The highest BCUT2D eigenvalue weighted by molar-refractivity contribution is 5.91. The second kappa shape index (κ2) is 7.95. The molecule has 5 rings (SSSR count). The van der Waals surface area contributed by atoms with Gasteiger partial charge in [0, 0.05) is 37.4 Å². The topological polar surface area (TPSA) is 78.5 Å². The largest absolute Gasteiger partial charge is 0.355 e. The van der Waals surface area contributed by atoms with Crippen LogP contribution in [0.1, 0.15) is 63.4 Å². The van der Waals surface area contributed by atoms with E-state index in [1.165, 1.54) is 18.4 Å². The number of likely N-dealkylation sites (tertiary alicyclic amines) is 1. The summed E-state index contributed by atoms with van der Waals surface area (Å²) in [6.07, 6.45) is 8.51. The van der Waals surface area contributed by atoms with Gasteiger partial charge in [0.25, 0.3) is 0 Å². The zero-order chi connectivity index (χ0) is 21.5. The summed E-state index contributed by atoms with van der Waals surface area (Å²) in [4.78, 5) is 39.0. The van der Waals surface area contributed by atoms with Crippen molar-refractivity contribution in [3.8, 4) is 0 Å². The van der Waals surface area contributed by atoms with E-state index in [9.17, 15) is 14.4 Å². The Morgan fingerprint density at radius 2 is 1.77 bits per heavy atom. The molecule has 31 heavy (non-hydrogen) atoms. The number of nitrogens with zero attached hydrogens (tertiary/aromatic N) is 1. The number of carbonyl (C=O) groups is 3. The number of benzene rings is 1. The summed E-state index contributed by atoms with van der Waals surface area (Å²) in [6, 6.07) is 10.3. The quantitative estimate of drug-likeness (QED) is 0.764. The molecule has 1 aromatic rings. The lowest BCUT2D eigenvalue weighted by Crippen LogP contribution is -2.48. The van der Waals surface area contributed by atoms with Crippen LogP contribution in [-0.2, 0) is 19.8 Å². The number of hydrogen-bond acceptors (Lipinski definition) is 3. The van der Waals surface area contributed by atoms with Gasteiger partial charge in [-0.25, -0.2) is 0 Å². The molecule has 2 heterocycles. The molecule has 6 heteroatoms. The van der Waals surface area contributed by atoms with Crippen LogP contribution in [0.15, 0.2) is 30.3 Å². The first-order valence-corrected chi connectivity index (χ1v) is 11.9. The molecule has 0 aromatic heterocycles. The van der Waals surface area contributed by atoms with Gasteiger partial charge in [0.05, 0.1) is 0 Å². The number of rotatable bonds is 5. The molecule has 2 saturated carbocycles. The van der Waals surface area contributed by atoms with Gasteiger partial charge in [-0.05, 0) is 49.5 Å². The maximum absolute atomic E-state index is 13.0. The zero-order valence-electron chi connectivity index (χ0n) is 18.2. The lowest BCUT2D eigenvalue weighted by atomic mass is 9.78. The molecule has 3 amide bonds. The maximum atomic E-state index is 13.0. The third kappa shape index (κ3) is 3.85. The smallest absolute Gasteiger partial charge is 0.245 e. The van der Waals surface area contributed by atoms with Crippen LogP contribution in [0, 0.1) is 11.3 Å². The lowest BCUT2D eigenvalue weighted by molar-refractivity contribution is -0.136. The fourth-order valence-corrected chi connectivity index (χ4v) is 6.25. The highest BCUT2D eigenvalue weighted by atomic mass is 16.2. The minimum Gasteiger partial charge on any atom is -0.355 e. The first-order chi connectivity index (χ1) is 15.0. The Hall–Kier alpha value is -2.37. The van der Waals surface area contributed by atoms with Gasteiger partial charge in [-0.2, -0.15) is 0 Å². The molecule has 2 saturated heterocycles. The summed E-state index contributed by atoms with van der Waals surface area (Å²) in [7, 11) is 0. The SMILES string of the molecule is O=C1CC[C@@H](C(=O)N2CCC3(CC2)CC3C(=O)NCC2(c3ccccc3)CCCC2)N1. The number of piperidine rings is 1. The van der Waals surface area contributed by atoms with E-state index in [1.54, 1.807) is 0 Å². The second-order valence-corrected chi connectivity index (χ2v) is 10.2. The monoisotopic (exact) mass is 423 g/mol. The van der Waals surface area contributed by atoms with E-state index < -0.39 is 0 Å². The Labute approximate surface area is 184 Å². The summed E-state index contributed by atoms with van der Waals surface area (Å²) < 4.78 is 0. The van der Waals surface area contributed by atoms with Gasteiger partial charge in [0.15, 0.2) is 0 Å². The molecular formula is C25H33N3O3. The van der Waals surface area contributed by atoms with Crippen LogP contribution in [0.2, 0.25) is 0 Å². The summed E-state index contributed by atoms with van der Waals surface area (Å²) in [5, 5.41) is 6.09. The first-order valence-electron chi connectivity index (χ1n) is 11.9. The molecule has 1 unspecified atom stereocenters. The van der Waals surface area contributed by atoms with E-state index >= 15 is 0 Å². The number of carbonyl (C=O) groups excluding carboxylic acids is 3. The van der Waals surface area contributed by atoms with Crippen molar-refractivity contribution in [2.75, 3.05) is 19.6 Å². The Bertz CT molecular complexity index is 854. The van der Waals surface area contributed by atoms with Gasteiger partial charge in [-0.3, -0.25) is 14.4 Å². The van der Waals surface area contributed by atoms with E-state index in [0.29, 0.717) is 25.9 Å². The van der Waals surface area contributed by atoms with Crippen LogP contribution in [0.5, 0.6) is 0 Å². The minimum absolute atomic E-state index is 0.0266. The van der Waals surface area contributed by atoms with Crippen molar-refractivity contribution in [2.45, 2.75) is 69.2 Å². The fourth-order valence-electron chi connectivity index (χ4n) is 6.25. The third-order valence-corrected chi connectivity index (χ3v) is 8.42. The van der Waals surface area contributed by atoms with Crippen LogP contribution in [-0.4, -0.2) is 48.3 Å². The average molecular weight is 424 g/mol. The predicted molar refractivity (Wildman–Crippen MR) is 117 cm³/mol. The van der Waals surface area contributed by atoms with Gasteiger partial charge in [0.2, 0.25) is 17.7 Å². The third-order valence-electron chi connectivity index (χ3n) is 8.42. The average Bonchev–Trinajstić information content (AvgIpc) is 3.12. The standard InChI is InChI=1S/C25H33N3O3/c29-21-9-8-20(27-21)23(31)28-14-12-24(13-15-28)16-19(24)22(30)26-17-25(10-4-5-11-25)18-6-2-1-3-7-18/h1-3,6-7,19-20H,4-5,8-17H2,(H,26,30)(H,27,29)/t19?,20-/m0/s1. The fraction of sp³-hybridized carbons (Fsp3) is 0.640. The van der Waals surface area contributed by atoms with Gasteiger partial charge in [-0.1, -0.05) is 43.2 Å². The molecule has 2 N–H and O–H groups in total. The Morgan fingerprint density at radius 3 is 2.42 bits per heavy atom. The minimum atomic E-state index is -0.347. The van der Waals surface area contributed by atoms with Crippen LogP contribution in [0.25, 0.3) is 0 Å². The van der Waals surface area contributed by atoms with E-state index in [-0.39, 0.29) is 40.5 Å². The highest BCUT2D eigenvalue weighted by Crippen LogP contribution is 2.59. The lowest BCUT2D eigenvalue weighted by Gasteiger charge is -2.34. The van der Waals surface area contributed by atoms with Crippen LogP contribution < -0.4 is 10.6 Å². The van der Waals surface area contributed by atoms with Crippen molar-refractivity contribution in [3.63, 3.8) is 0 Å². The molecule has 2 aliphatic carbocycles. The normalized spacial score (nSPS) is 28.4. The molecule has 0 radical (unpaired) electrons. The molecule has 2 atom stereocenters. The maximum Gasteiger partial charge on any atom is 0.245 e. The van der Waals surface area contributed by atoms with Crippen molar-refractivity contribution >= 4 is 17.7 Å². The predicted octanol–water partition coefficient (Wildman–Crippen LogP) is 2.52. The molecule has 0 bridgehead atoms. The number of amides is 3. The van der Waals surface area contributed by atoms with Crippen LogP contribution >= 0.6 is 0 Å². The number of nitrogens with one attached hydrogen (secondary N) is 2. The van der Waals surface area contributed by atoms with Crippen molar-refractivity contribution in [1.29, 1.82) is 0 Å². The van der Waals surface area contributed by atoms with Crippen molar-refractivity contribution in [3.05, 3.63) is 35.9 Å². The molecule has 6 nitrogen and oxygen atoms in total. The van der Waals surface area contributed by atoms with Gasteiger partial charge in [-0.15, -0.1) is 0 Å². The van der Waals surface area contributed by atoms with Gasteiger partial charge < -0.3 is 15.5 Å². The second-order valence-electron chi connectivity index (χ2n) is 10.2. The van der Waals surface area contributed by atoms with E-state index in [0.717, 1.165) is 38.6 Å². The van der Waals surface area contributed by atoms with E-state index in [4.69, 9.17) is 0 Å². The molecule has 4 fully saturated rings. The van der Waals surface area contributed by atoms with Crippen molar-refractivity contribution in [1.82, 2.24) is 15.5 Å². The molecular weight excluding hydrogens is 390 g/mol. The Balaban J connectivity index is 1.14. The number of hydrogen-bond donors (Lipinski definition) is 2. The summed E-state index contributed by atoms with van der Waals surface area (Å²) in [6.45, 7) is 2.13. The van der Waals surface area contributed by atoms with Gasteiger partial charge >= 0.3 is 0 Å². The molecule has 2 aliphatic heterocycles. The first kappa shape index (κ1) is 20.5. The van der Waals surface area contributed by atoms with Crippen LogP contribution in [0.3, 0.4) is 0 Å². The molecule has 1 spiro atoms. The Kier molecular flexibility index (Phi) is 5.27. The van der Waals surface area contributed by atoms with E-state index in [2.05, 4.69) is 41.0 Å². The molecule has 1 aromatic carbocycles. The Morgan fingerprint density at radius 1 is 1.06 bits per heavy atom. The zero-order valence-corrected chi connectivity index (χ0v) is 18.2. The molecule has 4 aliphatic rings. The summed E-state index contributed by atoms with van der Waals surface area (Å²) in [5.41, 5.74) is 1.51. The van der Waals surface area contributed by atoms with E-state index in [1.807, 2.05) is 4.90 Å². The highest BCUT2D eigenvalue weighted by Gasteiger charge is 2.59. The summed E-state index contributed by atoms with van der Waals surface area (Å²) >= 11 is 0.